The number of rotatable bonds is 6. The Balaban J connectivity index is 2.07. The molecule has 0 saturated carbocycles. The monoisotopic (exact) mass is 339 g/mol. The van der Waals surface area contributed by atoms with E-state index in [4.69, 9.17) is 21.4 Å². The fourth-order valence-electron chi connectivity index (χ4n) is 2.72. The highest BCUT2D eigenvalue weighted by Gasteiger charge is 2.36. The molecule has 0 spiro atoms. The van der Waals surface area contributed by atoms with Crippen LogP contribution in [0.5, 0.6) is 0 Å². The van der Waals surface area contributed by atoms with Crippen molar-refractivity contribution in [1.82, 2.24) is 5.32 Å². The van der Waals surface area contributed by atoms with E-state index in [-0.39, 0.29) is 17.9 Å². The molecule has 1 aromatic rings. The van der Waals surface area contributed by atoms with E-state index in [2.05, 4.69) is 19.2 Å². The van der Waals surface area contributed by atoms with Crippen LogP contribution in [0.1, 0.15) is 44.7 Å². The van der Waals surface area contributed by atoms with Gasteiger partial charge in [-0.15, -0.1) is 0 Å². The van der Waals surface area contributed by atoms with Crippen LogP contribution in [-0.4, -0.2) is 29.2 Å². The second-order valence-electron chi connectivity index (χ2n) is 5.95. The summed E-state index contributed by atoms with van der Waals surface area (Å²) in [5, 5.41) is 12.6. The third-order valence-corrected chi connectivity index (χ3v) is 4.58. The topological polar surface area (TPSA) is 75.6 Å². The maximum Gasteiger partial charge on any atom is 0.332 e. The first kappa shape index (κ1) is 17.8. The van der Waals surface area contributed by atoms with E-state index < -0.39 is 18.2 Å². The molecule has 1 saturated heterocycles. The summed E-state index contributed by atoms with van der Waals surface area (Å²) in [5.74, 6) is -1.04. The SMILES string of the molecule is CCC(C)C(NC(=O)[C@@H]1CC[C@H](C(=O)O)O1)c1ccc(Cl)cc1. The van der Waals surface area contributed by atoms with Gasteiger partial charge in [0.25, 0.3) is 0 Å². The van der Waals surface area contributed by atoms with Gasteiger partial charge in [0, 0.05) is 5.02 Å². The number of amides is 1. The van der Waals surface area contributed by atoms with Crippen molar-refractivity contribution in [2.75, 3.05) is 0 Å². The lowest BCUT2D eigenvalue weighted by Crippen LogP contribution is -2.40. The Kier molecular flexibility index (Phi) is 6.02. The lowest BCUT2D eigenvalue weighted by molar-refractivity contribution is -0.152. The Morgan fingerprint density at radius 2 is 1.91 bits per heavy atom. The van der Waals surface area contributed by atoms with E-state index in [0.717, 1.165) is 12.0 Å². The van der Waals surface area contributed by atoms with Gasteiger partial charge in [0.05, 0.1) is 6.04 Å². The zero-order valence-corrected chi connectivity index (χ0v) is 14.0. The molecule has 0 aliphatic carbocycles. The van der Waals surface area contributed by atoms with Gasteiger partial charge >= 0.3 is 5.97 Å². The minimum Gasteiger partial charge on any atom is -0.479 e. The number of nitrogens with one attached hydrogen (secondary N) is 1. The van der Waals surface area contributed by atoms with Gasteiger partial charge in [-0.3, -0.25) is 4.79 Å². The van der Waals surface area contributed by atoms with E-state index in [0.29, 0.717) is 17.9 Å². The Bertz CT molecular complexity index is 560. The molecule has 0 aromatic heterocycles. The molecule has 2 N–H and O–H groups in total. The van der Waals surface area contributed by atoms with E-state index in [1.54, 1.807) is 12.1 Å². The molecule has 1 heterocycles. The fourth-order valence-corrected chi connectivity index (χ4v) is 2.84. The zero-order valence-electron chi connectivity index (χ0n) is 13.3. The van der Waals surface area contributed by atoms with Crippen molar-refractivity contribution in [3.8, 4) is 0 Å². The van der Waals surface area contributed by atoms with Crippen LogP contribution in [0.2, 0.25) is 5.02 Å². The molecule has 2 unspecified atom stereocenters. The summed E-state index contributed by atoms with van der Waals surface area (Å²) in [6, 6.07) is 7.23. The highest BCUT2D eigenvalue weighted by molar-refractivity contribution is 6.30. The number of carboxylic acid groups (broad SMARTS) is 1. The van der Waals surface area contributed by atoms with Crippen LogP contribution >= 0.6 is 11.6 Å². The lowest BCUT2D eigenvalue weighted by atomic mass is 9.92. The van der Waals surface area contributed by atoms with Gasteiger partial charge in [-0.25, -0.2) is 4.79 Å². The first-order valence-electron chi connectivity index (χ1n) is 7.86. The number of halogens is 1. The number of aliphatic carboxylic acids is 1. The van der Waals surface area contributed by atoms with Crippen molar-refractivity contribution < 1.29 is 19.4 Å². The van der Waals surface area contributed by atoms with Crippen LogP contribution in [-0.2, 0) is 14.3 Å². The summed E-state index contributed by atoms with van der Waals surface area (Å²) < 4.78 is 5.32. The highest BCUT2D eigenvalue weighted by Crippen LogP contribution is 2.27. The molecule has 1 amide bonds. The molecule has 4 atom stereocenters. The number of carbonyl (C=O) groups excluding carboxylic acids is 1. The summed E-state index contributed by atoms with van der Waals surface area (Å²) >= 11 is 5.92. The molecule has 6 heteroatoms. The summed E-state index contributed by atoms with van der Waals surface area (Å²) in [6.07, 6.45) is 0.105. The molecular formula is C17H22ClNO4. The van der Waals surface area contributed by atoms with Gasteiger partial charge in [0.15, 0.2) is 6.10 Å². The van der Waals surface area contributed by atoms with Crippen molar-refractivity contribution in [2.24, 2.45) is 5.92 Å². The van der Waals surface area contributed by atoms with Crippen molar-refractivity contribution in [2.45, 2.75) is 51.4 Å². The van der Waals surface area contributed by atoms with Crippen LogP contribution in [0, 0.1) is 5.92 Å². The van der Waals surface area contributed by atoms with Crippen molar-refractivity contribution in [3.05, 3.63) is 34.9 Å². The fraction of sp³-hybridized carbons (Fsp3) is 0.529. The highest BCUT2D eigenvalue weighted by atomic mass is 35.5. The number of carboxylic acids is 1. The molecule has 0 radical (unpaired) electrons. The Morgan fingerprint density at radius 3 is 2.43 bits per heavy atom. The van der Waals surface area contributed by atoms with Crippen molar-refractivity contribution in [3.63, 3.8) is 0 Å². The normalized spacial score (nSPS) is 23.3. The molecule has 1 aliphatic heterocycles. The van der Waals surface area contributed by atoms with Crippen molar-refractivity contribution >= 4 is 23.5 Å². The minimum absolute atomic E-state index is 0.155. The largest absolute Gasteiger partial charge is 0.479 e. The van der Waals surface area contributed by atoms with E-state index in [9.17, 15) is 9.59 Å². The van der Waals surface area contributed by atoms with Gasteiger partial charge in [0.2, 0.25) is 5.91 Å². The molecule has 1 aromatic carbocycles. The maximum atomic E-state index is 12.4. The average molecular weight is 340 g/mol. The molecule has 1 aliphatic rings. The number of hydrogen-bond acceptors (Lipinski definition) is 3. The summed E-state index contributed by atoms with van der Waals surface area (Å²) in [4.78, 5) is 23.4. The number of carbonyl (C=O) groups is 2. The van der Waals surface area contributed by atoms with Crippen molar-refractivity contribution in [1.29, 1.82) is 0 Å². The number of benzene rings is 1. The van der Waals surface area contributed by atoms with Crippen LogP contribution in [0.15, 0.2) is 24.3 Å². The van der Waals surface area contributed by atoms with Crippen LogP contribution in [0.3, 0.4) is 0 Å². The second kappa shape index (κ2) is 7.79. The van der Waals surface area contributed by atoms with Gasteiger partial charge < -0.3 is 15.2 Å². The lowest BCUT2D eigenvalue weighted by Gasteiger charge is -2.26. The Labute approximate surface area is 141 Å². The van der Waals surface area contributed by atoms with Crippen LogP contribution in [0.4, 0.5) is 0 Å². The standard InChI is InChI=1S/C17H22ClNO4/c1-3-10(2)15(11-4-6-12(18)7-5-11)19-16(20)13-8-9-14(23-13)17(21)22/h4-7,10,13-15H,3,8-9H2,1-2H3,(H,19,20)(H,21,22)/t10?,13-,14+,15?/m0/s1. The number of hydrogen-bond donors (Lipinski definition) is 2. The molecule has 2 rings (SSSR count). The average Bonchev–Trinajstić information content (AvgIpc) is 3.03. The van der Waals surface area contributed by atoms with Gasteiger partial charge in [-0.05, 0) is 36.5 Å². The Morgan fingerprint density at radius 1 is 1.30 bits per heavy atom. The molecule has 23 heavy (non-hydrogen) atoms. The van der Waals surface area contributed by atoms with Gasteiger partial charge in [0.1, 0.15) is 6.10 Å². The number of ether oxygens (including phenoxy) is 1. The quantitative estimate of drug-likeness (QED) is 0.834. The maximum absolute atomic E-state index is 12.4. The summed E-state index contributed by atoms with van der Waals surface area (Å²) in [7, 11) is 0. The Hall–Kier alpha value is -1.59. The first-order valence-corrected chi connectivity index (χ1v) is 8.24. The third kappa shape index (κ3) is 4.45. The second-order valence-corrected chi connectivity index (χ2v) is 6.39. The zero-order chi connectivity index (χ0) is 17.0. The predicted molar refractivity (Wildman–Crippen MR) is 87.3 cm³/mol. The minimum atomic E-state index is -1.02. The third-order valence-electron chi connectivity index (χ3n) is 4.33. The summed E-state index contributed by atoms with van der Waals surface area (Å²) in [6.45, 7) is 4.13. The van der Waals surface area contributed by atoms with Gasteiger partial charge in [-0.1, -0.05) is 44.0 Å². The molecule has 126 valence electrons. The summed E-state index contributed by atoms with van der Waals surface area (Å²) in [5.41, 5.74) is 0.977. The smallest absolute Gasteiger partial charge is 0.332 e. The van der Waals surface area contributed by atoms with Gasteiger partial charge in [-0.2, -0.15) is 0 Å². The molecule has 5 nitrogen and oxygen atoms in total. The van der Waals surface area contributed by atoms with E-state index >= 15 is 0 Å². The molecular weight excluding hydrogens is 318 g/mol. The van der Waals surface area contributed by atoms with E-state index in [1.165, 1.54) is 0 Å². The molecule has 0 bridgehead atoms. The van der Waals surface area contributed by atoms with Crippen LogP contribution < -0.4 is 5.32 Å². The predicted octanol–water partition coefficient (Wildman–Crippen LogP) is 3.18. The van der Waals surface area contributed by atoms with Crippen LogP contribution in [0.25, 0.3) is 0 Å². The first-order chi connectivity index (χ1) is 10.9. The van der Waals surface area contributed by atoms with E-state index in [1.807, 2.05) is 12.1 Å². The molecule has 1 fully saturated rings.